The molecule has 0 radical (unpaired) electrons. The largest absolute Gasteiger partial charge is 0.334 e. The van der Waals surface area contributed by atoms with Gasteiger partial charge in [0.25, 0.3) is 5.89 Å². The van der Waals surface area contributed by atoms with Crippen LogP contribution in [-0.2, 0) is 0 Å². The zero-order chi connectivity index (χ0) is 11.7. The molecule has 0 spiro atoms. The van der Waals surface area contributed by atoms with Gasteiger partial charge in [-0.05, 0) is 31.9 Å². The Bertz CT molecular complexity index is 482. The van der Waals surface area contributed by atoms with Crippen molar-refractivity contribution < 1.29 is 4.52 Å². The Morgan fingerprint density at radius 1 is 1.25 bits per heavy atom. The second-order valence-corrected chi connectivity index (χ2v) is 4.01. The highest BCUT2D eigenvalue weighted by Crippen LogP contribution is 2.25. The Labute approximate surface area is 94.5 Å². The van der Waals surface area contributed by atoms with Crippen LogP contribution in [0.25, 0.3) is 11.5 Å². The third-order valence-electron chi connectivity index (χ3n) is 2.54. The second-order valence-electron chi connectivity index (χ2n) is 4.01. The third kappa shape index (κ3) is 1.84. The van der Waals surface area contributed by atoms with Gasteiger partial charge in [0.05, 0.1) is 6.04 Å². The Hall–Kier alpha value is -1.68. The summed E-state index contributed by atoms with van der Waals surface area (Å²) in [6.45, 7) is 5.88. The van der Waals surface area contributed by atoms with Gasteiger partial charge in [0.1, 0.15) is 0 Å². The molecule has 1 atom stereocenters. The summed E-state index contributed by atoms with van der Waals surface area (Å²) in [4.78, 5) is 4.30. The number of rotatable bonds is 2. The molecule has 0 aliphatic carbocycles. The van der Waals surface area contributed by atoms with E-state index < -0.39 is 0 Å². The lowest BCUT2D eigenvalue weighted by Gasteiger charge is -2.03. The van der Waals surface area contributed by atoms with Crippen molar-refractivity contribution in [2.24, 2.45) is 5.73 Å². The smallest absolute Gasteiger partial charge is 0.258 e. The van der Waals surface area contributed by atoms with E-state index >= 15 is 0 Å². The zero-order valence-electron chi connectivity index (χ0n) is 9.69. The number of benzene rings is 1. The molecule has 4 nitrogen and oxygen atoms in total. The van der Waals surface area contributed by atoms with Crippen molar-refractivity contribution in [3.8, 4) is 11.5 Å². The van der Waals surface area contributed by atoms with Gasteiger partial charge < -0.3 is 10.3 Å². The van der Waals surface area contributed by atoms with Crippen molar-refractivity contribution in [3.05, 3.63) is 35.2 Å². The number of nitrogens with zero attached hydrogens (tertiary/aromatic N) is 2. The van der Waals surface area contributed by atoms with Crippen molar-refractivity contribution in [1.82, 2.24) is 10.1 Å². The Kier molecular flexibility index (Phi) is 2.75. The highest BCUT2D eigenvalue weighted by Gasteiger charge is 2.14. The summed E-state index contributed by atoms with van der Waals surface area (Å²) in [5.41, 5.74) is 8.95. The van der Waals surface area contributed by atoms with Crippen LogP contribution in [0.1, 0.15) is 29.9 Å². The van der Waals surface area contributed by atoms with E-state index in [0.29, 0.717) is 11.7 Å². The summed E-state index contributed by atoms with van der Waals surface area (Å²) in [5, 5.41) is 3.86. The molecule has 0 aliphatic heterocycles. The van der Waals surface area contributed by atoms with Crippen molar-refractivity contribution in [2.45, 2.75) is 26.8 Å². The first-order valence-corrected chi connectivity index (χ1v) is 5.25. The standard InChI is InChI=1S/C12H15N3O/c1-7-5-4-6-8(2)10(7)12-14-11(9(3)13)15-16-12/h4-6,9H,13H2,1-3H3. The highest BCUT2D eigenvalue weighted by molar-refractivity contribution is 5.62. The van der Waals surface area contributed by atoms with Crippen LogP contribution in [0.5, 0.6) is 0 Å². The monoisotopic (exact) mass is 217 g/mol. The second kappa shape index (κ2) is 4.06. The molecule has 0 amide bonds. The summed E-state index contributed by atoms with van der Waals surface area (Å²) in [7, 11) is 0. The number of aromatic nitrogens is 2. The number of nitrogens with two attached hydrogens (primary N) is 1. The molecule has 0 fully saturated rings. The summed E-state index contributed by atoms with van der Waals surface area (Å²) < 4.78 is 5.23. The molecule has 0 bridgehead atoms. The SMILES string of the molecule is Cc1cccc(C)c1-c1nc(C(C)N)no1. The fourth-order valence-corrected chi connectivity index (χ4v) is 1.67. The van der Waals surface area contributed by atoms with Crippen molar-refractivity contribution in [3.63, 3.8) is 0 Å². The highest BCUT2D eigenvalue weighted by atomic mass is 16.5. The molecule has 16 heavy (non-hydrogen) atoms. The lowest BCUT2D eigenvalue weighted by molar-refractivity contribution is 0.418. The van der Waals surface area contributed by atoms with E-state index in [2.05, 4.69) is 10.1 Å². The van der Waals surface area contributed by atoms with Crippen LogP contribution in [0.15, 0.2) is 22.7 Å². The van der Waals surface area contributed by atoms with Gasteiger partial charge in [0.2, 0.25) is 0 Å². The molecular weight excluding hydrogens is 202 g/mol. The van der Waals surface area contributed by atoms with Gasteiger partial charge in [-0.2, -0.15) is 4.98 Å². The minimum atomic E-state index is -0.207. The quantitative estimate of drug-likeness (QED) is 0.838. The molecule has 0 aliphatic rings. The number of aryl methyl sites for hydroxylation is 2. The molecule has 0 saturated heterocycles. The Morgan fingerprint density at radius 2 is 1.88 bits per heavy atom. The van der Waals surface area contributed by atoms with Gasteiger partial charge in [0, 0.05) is 5.56 Å². The molecule has 1 unspecified atom stereocenters. The first kappa shape index (κ1) is 10.8. The summed E-state index contributed by atoms with van der Waals surface area (Å²) in [6.07, 6.45) is 0. The van der Waals surface area contributed by atoms with E-state index in [1.54, 1.807) is 0 Å². The molecule has 2 N–H and O–H groups in total. The van der Waals surface area contributed by atoms with Crippen molar-refractivity contribution in [1.29, 1.82) is 0 Å². The predicted octanol–water partition coefficient (Wildman–Crippen LogP) is 2.37. The van der Waals surface area contributed by atoms with Gasteiger partial charge in [0.15, 0.2) is 5.82 Å². The first-order chi connectivity index (χ1) is 7.59. The van der Waals surface area contributed by atoms with Gasteiger partial charge in [-0.3, -0.25) is 0 Å². The maximum absolute atomic E-state index is 5.70. The summed E-state index contributed by atoms with van der Waals surface area (Å²) in [6, 6.07) is 5.86. The lowest BCUT2D eigenvalue weighted by atomic mass is 10.0. The number of hydrogen-bond acceptors (Lipinski definition) is 4. The van der Waals surface area contributed by atoms with Crippen molar-refractivity contribution in [2.75, 3.05) is 0 Å². The van der Waals surface area contributed by atoms with Crippen LogP contribution in [-0.4, -0.2) is 10.1 Å². The average Bonchev–Trinajstić information content (AvgIpc) is 2.66. The topological polar surface area (TPSA) is 64.9 Å². The molecule has 0 saturated carbocycles. The lowest BCUT2D eigenvalue weighted by Crippen LogP contribution is -2.06. The van der Waals surface area contributed by atoms with Gasteiger partial charge in [-0.15, -0.1) is 0 Å². The van der Waals surface area contributed by atoms with Gasteiger partial charge in [-0.25, -0.2) is 0 Å². The van der Waals surface area contributed by atoms with E-state index in [9.17, 15) is 0 Å². The zero-order valence-corrected chi connectivity index (χ0v) is 9.69. The predicted molar refractivity (Wildman–Crippen MR) is 61.8 cm³/mol. The van der Waals surface area contributed by atoms with Crippen LogP contribution in [0.3, 0.4) is 0 Å². The summed E-state index contributed by atoms with van der Waals surface area (Å²) >= 11 is 0. The van der Waals surface area contributed by atoms with E-state index in [-0.39, 0.29) is 6.04 Å². The minimum absolute atomic E-state index is 0.207. The van der Waals surface area contributed by atoms with Crippen LogP contribution in [0.4, 0.5) is 0 Å². The van der Waals surface area contributed by atoms with Crippen LogP contribution < -0.4 is 5.73 Å². The fraction of sp³-hybridized carbons (Fsp3) is 0.333. The Balaban J connectivity index is 2.50. The van der Waals surface area contributed by atoms with Crippen LogP contribution >= 0.6 is 0 Å². The third-order valence-corrected chi connectivity index (χ3v) is 2.54. The van der Waals surface area contributed by atoms with E-state index in [0.717, 1.165) is 16.7 Å². The van der Waals surface area contributed by atoms with Gasteiger partial charge >= 0.3 is 0 Å². The Morgan fingerprint density at radius 3 is 2.38 bits per heavy atom. The molecule has 1 heterocycles. The number of hydrogen-bond donors (Lipinski definition) is 1. The van der Waals surface area contributed by atoms with Crippen LogP contribution in [0, 0.1) is 13.8 Å². The molecule has 4 heteroatoms. The molecular formula is C12H15N3O. The maximum atomic E-state index is 5.70. The normalized spacial score (nSPS) is 12.8. The first-order valence-electron chi connectivity index (χ1n) is 5.25. The molecule has 2 aromatic rings. The molecule has 1 aromatic heterocycles. The molecule has 2 rings (SSSR count). The van der Waals surface area contributed by atoms with Gasteiger partial charge in [-0.1, -0.05) is 23.4 Å². The van der Waals surface area contributed by atoms with E-state index in [4.69, 9.17) is 10.3 Å². The fourth-order valence-electron chi connectivity index (χ4n) is 1.67. The molecule has 84 valence electrons. The maximum Gasteiger partial charge on any atom is 0.258 e. The van der Waals surface area contributed by atoms with E-state index in [1.807, 2.05) is 39.0 Å². The van der Waals surface area contributed by atoms with E-state index in [1.165, 1.54) is 0 Å². The summed E-state index contributed by atoms with van der Waals surface area (Å²) in [5.74, 6) is 1.08. The minimum Gasteiger partial charge on any atom is -0.334 e. The van der Waals surface area contributed by atoms with Crippen molar-refractivity contribution >= 4 is 0 Å². The molecule has 1 aromatic carbocycles. The average molecular weight is 217 g/mol. The van der Waals surface area contributed by atoms with Crippen LogP contribution in [0.2, 0.25) is 0 Å².